The van der Waals surface area contributed by atoms with Crippen LogP contribution < -0.4 is 5.73 Å². The number of nitrogens with two attached hydrogens (primary N) is 1. The van der Waals surface area contributed by atoms with Crippen LogP contribution in [0, 0.1) is 0 Å². The monoisotopic (exact) mass is 230 g/mol. The first-order valence-corrected chi connectivity index (χ1v) is 6.72. The van der Waals surface area contributed by atoms with Gasteiger partial charge in [0.2, 0.25) is 0 Å². The van der Waals surface area contributed by atoms with E-state index in [4.69, 9.17) is 10.5 Å². The molecule has 1 saturated heterocycles. The van der Waals surface area contributed by atoms with Crippen LogP contribution >= 0.6 is 23.1 Å². The minimum atomic E-state index is 0.114. The molecule has 0 spiro atoms. The molecule has 2 rings (SSSR count). The molecule has 1 aromatic rings. The Morgan fingerprint density at radius 1 is 1.71 bits per heavy atom. The van der Waals surface area contributed by atoms with Gasteiger partial charge in [-0.25, -0.2) is 0 Å². The molecule has 2 heterocycles. The van der Waals surface area contributed by atoms with Crippen LogP contribution in [0.3, 0.4) is 0 Å². The summed E-state index contributed by atoms with van der Waals surface area (Å²) in [5.74, 6) is 2.13. The van der Waals surface area contributed by atoms with Gasteiger partial charge in [-0.2, -0.15) is 11.8 Å². The highest BCUT2D eigenvalue weighted by Crippen LogP contribution is 2.17. The van der Waals surface area contributed by atoms with E-state index >= 15 is 0 Å². The third-order valence-corrected chi connectivity index (χ3v) is 4.06. The van der Waals surface area contributed by atoms with Crippen molar-refractivity contribution >= 4 is 23.1 Å². The number of ether oxygens (including phenoxy) is 1. The van der Waals surface area contributed by atoms with Crippen LogP contribution in [0.4, 0.5) is 0 Å². The lowest BCUT2D eigenvalue weighted by molar-refractivity contribution is 0.0573. The Morgan fingerprint density at radius 3 is 3.29 bits per heavy atom. The fourth-order valence-electron chi connectivity index (χ4n) is 1.46. The summed E-state index contributed by atoms with van der Waals surface area (Å²) in [6, 6.07) is 0.114. The molecule has 0 radical (unpaired) electrons. The van der Waals surface area contributed by atoms with Gasteiger partial charge in [0.1, 0.15) is 0 Å². The van der Waals surface area contributed by atoms with Gasteiger partial charge in [0.15, 0.2) is 0 Å². The van der Waals surface area contributed by atoms with Crippen molar-refractivity contribution in [1.29, 1.82) is 0 Å². The summed E-state index contributed by atoms with van der Waals surface area (Å²) < 4.78 is 5.63. The van der Waals surface area contributed by atoms with Crippen molar-refractivity contribution in [2.75, 3.05) is 18.1 Å². The highest BCUT2D eigenvalue weighted by atomic mass is 32.2. The number of hydrogen-bond acceptors (Lipinski definition) is 5. The Balaban J connectivity index is 1.85. The average molecular weight is 230 g/mol. The lowest BCUT2D eigenvalue weighted by atomic mass is 10.1. The highest BCUT2D eigenvalue weighted by Gasteiger charge is 2.22. The average Bonchev–Trinajstić information content (AvgIpc) is 2.72. The third-order valence-electron chi connectivity index (χ3n) is 2.24. The van der Waals surface area contributed by atoms with Gasteiger partial charge in [-0.15, -0.1) is 11.3 Å². The van der Waals surface area contributed by atoms with Gasteiger partial charge >= 0.3 is 0 Å². The van der Waals surface area contributed by atoms with Gasteiger partial charge in [-0.3, -0.25) is 4.98 Å². The van der Waals surface area contributed by atoms with Crippen molar-refractivity contribution in [2.45, 2.75) is 18.6 Å². The van der Waals surface area contributed by atoms with E-state index in [-0.39, 0.29) is 12.1 Å². The summed E-state index contributed by atoms with van der Waals surface area (Å²) in [6.07, 6.45) is 2.99. The van der Waals surface area contributed by atoms with Gasteiger partial charge in [-0.05, 0) is 0 Å². The second-order valence-corrected chi connectivity index (χ2v) is 5.44. The van der Waals surface area contributed by atoms with Gasteiger partial charge < -0.3 is 10.5 Å². The molecule has 1 aliphatic rings. The van der Waals surface area contributed by atoms with E-state index in [9.17, 15) is 0 Å². The zero-order valence-corrected chi connectivity index (χ0v) is 9.52. The SMILES string of the molecule is NC(Cc1cncs1)C1CSCCO1. The van der Waals surface area contributed by atoms with Crippen LogP contribution in [0.15, 0.2) is 11.7 Å². The lowest BCUT2D eigenvalue weighted by Crippen LogP contribution is -2.42. The van der Waals surface area contributed by atoms with E-state index in [1.165, 1.54) is 4.88 Å². The molecule has 0 amide bonds. The summed E-state index contributed by atoms with van der Waals surface area (Å²) >= 11 is 3.59. The maximum absolute atomic E-state index is 6.08. The lowest BCUT2D eigenvalue weighted by Gasteiger charge is -2.27. The molecule has 2 unspecified atom stereocenters. The van der Waals surface area contributed by atoms with E-state index in [2.05, 4.69) is 4.98 Å². The second-order valence-electron chi connectivity index (χ2n) is 3.32. The number of thioether (sulfide) groups is 1. The van der Waals surface area contributed by atoms with Crippen molar-refractivity contribution in [3.05, 3.63) is 16.6 Å². The van der Waals surface area contributed by atoms with Gasteiger partial charge in [0.25, 0.3) is 0 Å². The maximum Gasteiger partial charge on any atom is 0.0820 e. The molecule has 2 N–H and O–H groups in total. The van der Waals surface area contributed by atoms with Crippen LogP contribution in [0.25, 0.3) is 0 Å². The van der Waals surface area contributed by atoms with Crippen LogP contribution in [-0.2, 0) is 11.2 Å². The Bertz CT molecular complexity index is 260. The molecule has 1 aliphatic heterocycles. The van der Waals surface area contributed by atoms with Crippen LogP contribution in [0.5, 0.6) is 0 Å². The van der Waals surface area contributed by atoms with Crippen molar-refractivity contribution in [3.8, 4) is 0 Å². The predicted octanol–water partition coefficient (Wildman–Crippen LogP) is 1.14. The molecule has 3 nitrogen and oxygen atoms in total. The first-order chi connectivity index (χ1) is 6.86. The molecule has 0 aromatic carbocycles. The Labute approximate surface area is 92.1 Å². The number of thiazole rings is 1. The number of nitrogens with zero attached hydrogens (tertiary/aromatic N) is 1. The van der Waals surface area contributed by atoms with E-state index < -0.39 is 0 Å². The summed E-state index contributed by atoms with van der Waals surface area (Å²) in [4.78, 5) is 5.28. The zero-order chi connectivity index (χ0) is 9.80. The molecule has 0 saturated carbocycles. The molecule has 0 aliphatic carbocycles. The number of hydrogen-bond donors (Lipinski definition) is 1. The van der Waals surface area contributed by atoms with Gasteiger partial charge in [-0.1, -0.05) is 0 Å². The summed E-state index contributed by atoms with van der Waals surface area (Å²) in [7, 11) is 0. The molecule has 1 aromatic heterocycles. The fraction of sp³-hybridized carbons (Fsp3) is 0.667. The smallest absolute Gasteiger partial charge is 0.0820 e. The van der Waals surface area contributed by atoms with Crippen LogP contribution in [0.1, 0.15) is 4.88 Å². The van der Waals surface area contributed by atoms with Crippen molar-refractivity contribution in [3.63, 3.8) is 0 Å². The molecule has 78 valence electrons. The van der Waals surface area contributed by atoms with E-state index in [1.54, 1.807) is 11.3 Å². The standard InChI is InChI=1S/C9H14N2OS2/c10-8(3-7-4-11-6-14-7)9-5-13-2-1-12-9/h4,6,8-9H,1-3,5,10H2. The van der Waals surface area contributed by atoms with Crippen LogP contribution in [-0.4, -0.2) is 35.2 Å². The Hall–Kier alpha value is -0.100. The predicted molar refractivity (Wildman–Crippen MR) is 60.9 cm³/mol. The number of rotatable bonds is 3. The third kappa shape index (κ3) is 2.70. The molecule has 5 heteroatoms. The first kappa shape index (κ1) is 10.4. The highest BCUT2D eigenvalue weighted by molar-refractivity contribution is 7.99. The second kappa shape index (κ2) is 5.11. The maximum atomic E-state index is 6.08. The molecular formula is C9H14N2OS2. The molecule has 2 atom stereocenters. The fourth-order valence-corrected chi connectivity index (χ4v) is 3.08. The van der Waals surface area contributed by atoms with Crippen molar-refractivity contribution in [1.82, 2.24) is 4.98 Å². The Kier molecular flexibility index (Phi) is 3.81. The largest absolute Gasteiger partial charge is 0.375 e. The van der Waals surface area contributed by atoms with Crippen molar-refractivity contribution in [2.24, 2.45) is 5.73 Å². The molecule has 14 heavy (non-hydrogen) atoms. The van der Waals surface area contributed by atoms with E-state index in [1.807, 2.05) is 23.5 Å². The molecule has 0 bridgehead atoms. The zero-order valence-electron chi connectivity index (χ0n) is 7.89. The van der Waals surface area contributed by atoms with E-state index in [0.29, 0.717) is 0 Å². The summed E-state index contributed by atoms with van der Waals surface area (Å²) in [5, 5.41) is 0. The summed E-state index contributed by atoms with van der Waals surface area (Å²) in [6.45, 7) is 0.839. The normalized spacial score (nSPS) is 24.8. The minimum absolute atomic E-state index is 0.114. The quantitative estimate of drug-likeness (QED) is 0.846. The molecular weight excluding hydrogens is 216 g/mol. The van der Waals surface area contributed by atoms with Gasteiger partial charge in [0.05, 0.1) is 18.2 Å². The van der Waals surface area contributed by atoms with E-state index in [0.717, 1.165) is 24.5 Å². The minimum Gasteiger partial charge on any atom is -0.375 e. The van der Waals surface area contributed by atoms with Crippen LogP contribution in [0.2, 0.25) is 0 Å². The Morgan fingerprint density at radius 2 is 2.64 bits per heavy atom. The summed E-state index contributed by atoms with van der Waals surface area (Å²) in [5.41, 5.74) is 7.93. The van der Waals surface area contributed by atoms with Crippen molar-refractivity contribution < 1.29 is 4.74 Å². The topological polar surface area (TPSA) is 48.1 Å². The number of aromatic nitrogens is 1. The van der Waals surface area contributed by atoms with Gasteiger partial charge in [0, 0.05) is 35.0 Å². The molecule has 1 fully saturated rings. The first-order valence-electron chi connectivity index (χ1n) is 4.68.